The van der Waals surface area contributed by atoms with Gasteiger partial charge in [-0.3, -0.25) is 24.8 Å². The van der Waals surface area contributed by atoms with Gasteiger partial charge in [0, 0.05) is 107 Å². The highest BCUT2D eigenvalue weighted by Gasteiger charge is 2.46. The maximum atomic E-state index is 16.7. The molecule has 2 saturated carbocycles. The zero-order valence-corrected chi connectivity index (χ0v) is 42.1. The molecule has 6 aliphatic rings. The topological polar surface area (TPSA) is 183 Å². The quantitative estimate of drug-likeness (QED) is 0.0925. The average molecular weight is 1040 g/mol. The first-order valence-electron chi connectivity index (χ1n) is 25.5. The highest BCUT2D eigenvalue weighted by atomic mass is 35.5. The lowest BCUT2D eigenvalue weighted by molar-refractivity contribution is -0.137. The zero-order chi connectivity index (χ0) is 51.5. The number of anilines is 3. The number of carbonyl (C=O) groups is 3. The fourth-order valence-corrected chi connectivity index (χ4v) is 12.2. The van der Waals surface area contributed by atoms with Gasteiger partial charge < -0.3 is 39.9 Å². The molecule has 2 aromatic carbocycles. The van der Waals surface area contributed by atoms with Crippen LogP contribution in [0.5, 0.6) is 11.8 Å². The van der Waals surface area contributed by atoms with Gasteiger partial charge in [0.2, 0.25) is 5.91 Å². The minimum atomic E-state index is -4.93. The molecule has 4 N–H and O–H groups in total. The van der Waals surface area contributed by atoms with E-state index >= 15 is 4.39 Å². The van der Waals surface area contributed by atoms with E-state index in [1.54, 1.807) is 25.1 Å². The van der Waals surface area contributed by atoms with Crippen LogP contribution in [0.4, 0.5) is 39.5 Å². The number of hydrogen-bond donors (Lipinski definition) is 3. The first-order chi connectivity index (χ1) is 34.8. The summed E-state index contributed by atoms with van der Waals surface area (Å²) in [7, 11) is 1.51. The summed E-state index contributed by atoms with van der Waals surface area (Å²) in [6.07, 6.45) is 6.11. The molecule has 2 aromatic heterocycles. The van der Waals surface area contributed by atoms with E-state index in [9.17, 15) is 32.7 Å². The number of pyridine rings is 1. The number of imide groups is 1. The summed E-state index contributed by atoms with van der Waals surface area (Å²) < 4.78 is 71.5. The van der Waals surface area contributed by atoms with Gasteiger partial charge in [0.05, 0.1) is 41.0 Å². The number of ether oxygens (including phenoxy) is 2. The molecule has 6 fully saturated rings. The van der Waals surface area contributed by atoms with E-state index in [1.165, 1.54) is 18.2 Å². The number of methoxy groups -OCH3 is 1. The van der Waals surface area contributed by atoms with Gasteiger partial charge >= 0.3 is 18.2 Å². The molecular weight excluding hydrogens is 972 g/mol. The number of β-amino-alcohol motifs (C(OH)–C–C–N with tert-alkyl or cyclic N) is 1. The van der Waals surface area contributed by atoms with Crippen molar-refractivity contribution in [2.75, 3.05) is 101 Å². The third-order valence-electron chi connectivity index (χ3n) is 16.3. The Morgan fingerprint density at radius 1 is 0.945 bits per heavy atom. The van der Waals surface area contributed by atoms with E-state index in [0.29, 0.717) is 55.4 Å². The predicted molar refractivity (Wildman–Crippen MR) is 267 cm³/mol. The van der Waals surface area contributed by atoms with Gasteiger partial charge in [0.1, 0.15) is 22.8 Å². The molecule has 16 nitrogen and oxygen atoms in total. The van der Waals surface area contributed by atoms with Gasteiger partial charge in [-0.1, -0.05) is 11.6 Å². The molecule has 2 aliphatic carbocycles. The number of nitrogen functional groups attached to an aromatic ring is 1. The van der Waals surface area contributed by atoms with Crippen molar-refractivity contribution < 1.29 is 46.5 Å². The fraction of sp³-hybridized carbons (Fsp3) is 0.577. The van der Waals surface area contributed by atoms with Crippen molar-refractivity contribution in [2.24, 2.45) is 16.7 Å². The smallest absolute Gasteiger partial charge is 0.418 e. The number of aromatic nitrogens is 3. The molecule has 0 bridgehead atoms. The molecule has 10 rings (SSSR count). The van der Waals surface area contributed by atoms with E-state index in [0.717, 1.165) is 103 Å². The van der Waals surface area contributed by atoms with Crippen LogP contribution in [-0.4, -0.2) is 144 Å². The van der Waals surface area contributed by atoms with Gasteiger partial charge in [0.15, 0.2) is 5.82 Å². The first-order valence-corrected chi connectivity index (χ1v) is 25.8. The second-order valence-corrected chi connectivity index (χ2v) is 22.1. The number of aliphatic hydroxyl groups is 1. The van der Waals surface area contributed by atoms with Crippen LogP contribution in [0, 0.1) is 22.6 Å². The summed E-state index contributed by atoms with van der Waals surface area (Å²) in [5.74, 6) is -0.142. The third kappa shape index (κ3) is 10.8. The Hall–Kier alpha value is -5.57. The summed E-state index contributed by atoms with van der Waals surface area (Å²) in [4.78, 5) is 61.8. The second-order valence-electron chi connectivity index (χ2n) is 21.7. The van der Waals surface area contributed by atoms with Crippen molar-refractivity contribution >= 4 is 57.5 Å². The number of likely N-dealkylation sites (tertiary alicyclic amines) is 1. The van der Waals surface area contributed by atoms with Gasteiger partial charge in [-0.2, -0.15) is 23.1 Å². The number of fused-ring (bicyclic) bond motifs is 1. The highest BCUT2D eigenvalue weighted by Crippen LogP contribution is 2.49. The molecule has 4 amide bonds. The first kappa shape index (κ1) is 50.9. The Morgan fingerprint density at radius 2 is 1.67 bits per heavy atom. The van der Waals surface area contributed by atoms with E-state index in [2.05, 4.69) is 25.1 Å². The molecule has 4 saturated heterocycles. The number of halogens is 5. The monoisotopic (exact) mass is 1030 g/mol. The number of benzene rings is 2. The Kier molecular flexibility index (Phi) is 13.9. The molecule has 6 heterocycles. The number of piperazine rings is 1. The van der Waals surface area contributed by atoms with Crippen molar-refractivity contribution in [2.45, 2.75) is 89.3 Å². The van der Waals surface area contributed by atoms with Crippen LogP contribution in [0.25, 0.3) is 22.2 Å². The van der Waals surface area contributed by atoms with Gasteiger partial charge in [-0.05, 0) is 113 Å². The summed E-state index contributed by atoms with van der Waals surface area (Å²) >= 11 is 6.04. The number of amides is 4. The molecule has 4 aliphatic heterocycles. The Balaban J connectivity index is 0.729. The van der Waals surface area contributed by atoms with Crippen LogP contribution < -0.4 is 30.3 Å². The minimum absolute atomic E-state index is 0.0697. The number of urea groups is 1. The number of nitrogens with one attached hydrogen (secondary N) is 1. The minimum Gasteiger partial charge on any atom is -0.495 e. The largest absolute Gasteiger partial charge is 0.495 e. The molecule has 1 spiro atoms. The van der Waals surface area contributed by atoms with Crippen molar-refractivity contribution in [3.05, 3.63) is 58.5 Å². The maximum absolute atomic E-state index is 16.7. The van der Waals surface area contributed by atoms with E-state index in [4.69, 9.17) is 31.8 Å². The number of alkyl halides is 3. The molecule has 21 heteroatoms. The standard InChI is InChI=1S/C52H63ClF4N10O6/c1-49(71)9-3-16-66(29-49)45-36-27-59-43(35-25-34(58)26-37(53)41(35)52(55,56)57)42(54)44(36)61-47(62-45)73-31-51(12-13-51)30-64-22-20-63(21-23-64)28-32-6-10-50(11-7-32)14-18-65(19-15-50)46(69)33-4-5-39(72-2)38(24-33)67-17-8-40(68)60-48(67)70/h4-5,24-27,32,71H,3,6-23,28-31,58H2,1-2H3,(H,60,68,70)/t49-/m1/s1. The Morgan fingerprint density at radius 3 is 2.34 bits per heavy atom. The molecule has 73 heavy (non-hydrogen) atoms. The van der Waals surface area contributed by atoms with Gasteiger partial charge in [-0.25, -0.2) is 9.18 Å². The molecule has 0 unspecified atom stereocenters. The van der Waals surface area contributed by atoms with Crippen molar-refractivity contribution in [1.82, 2.24) is 35.0 Å². The number of carbonyl (C=O) groups excluding carboxylic acids is 3. The second kappa shape index (κ2) is 19.9. The number of nitrogens with zero attached hydrogens (tertiary/aromatic N) is 8. The predicted octanol–water partition coefficient (Wildman–Crippen LogP) is 7.78. The van der Waals surface area contributed by atoms with Crippen LogP contribution in [0.1, 0.15) is 93.5 Å². The lowest BCUT2D eigenvalue weighted by atomic mass is 9.65. The number of hydrogen-bond acceptors (Lipinski definition) is 13. The molecular formula is C52H63ClF4N10O6. The van der Waals surface area contributed by atoms with Gasteiger partial charge in [0.25, 0.3) is 5.91 Å². The SMILES string of the molecule is COc1ccc(C(=O)N2CCC3(CCC(CN4CCN(CC5(COc6nc(N7CCC[C@@](C)(O)C7)c7cnc(-c8cc(N)cc(Cl)c8C(F)(F)F)c(F)c7n6)CC5)CC4)CC3)CC2)cc1N1CCC(=O)NC1=O. The van der Waals surface area contributed by atoms with Crippen LogP contribution in [0.15, 0.2) is 36.5 Å². The summed E-state index contributed by atoms with van der Waals surface area (Å²) in [6.45, 7) is 9.91. The van der Waals surface area contributed by atoms with Crippen LogP contribution in [-0.2, 0) is 11.0 Å². The summed E-state index contributed by atoms with van der Waals surface area (Å²) in [5.41, 5.74) is 3.07. The number of rotatable bonds is 12. The zero-order valence-electron chi connectivity index (χ0n) is 41.3. The number of nitrogens with two attached hydrogens (primary N) is 1. The van der Waals surface area contributed by atoms with Gasteiger partial charge in [-0.15, -0.1) is 0 Å². The van der Waals surface area contributed by atoms with E-state index in [-0.39, 0.29) is 77.2 Å². The van der Waals surface area contributed by atoms with Crippen LogP contribution in [0.2, 0.25) is 5.02 Å². The Labute approximate surface area is 426 Å². The van der Waals surface area contributed by atoms with E-state index in [1.807, 2.05) is 9.80 Å². The van der Waals surface area contributed by atoms with Crippen LogP contribution in [0.3, 0.4) is 0 Å². The maximum Gasteiger partial charge on any atom is 0.418 e. The van der Waals surface area contributed by atoms with Crippen molar-refractivity contribution in [1.29, 1.82) is 0 Å². The molecule has 0 radical (unpaired) electrons. The Bertz CT molecular complexity index is 2770. The van der Waals surface area contributed by atoms with E-state index < -0.39 is 45.5 Å². The summed E-state index contributed by atoms with van der Waals surface area (Å²) in [6, 6.07) is 6.46. The molecule has 392 valence electrons. The summed E-state index contributed by atoms with van der Waals surface area (Å²) in [5, 5.41) is 12.8. The normalized spacial score (nSPS) is 23.0. The molecule has 4 aromatic rings. The lowest BCUT2D eigenvalue weighted by Gasteiger charge is -2.47. The highest BCUT2D eigenvalue weighted by molar-refractivity contribution is 6.32. The van der Waals surface area contributed by atoms with Crippen molar-refractivity contribution in [3.63, 3.8) is 0 Å². The van der Waals surface area contributed by atoms with Crippen molar-refractivity contribution in [3.8, 4) is 23.0 Å². The average Bonchev–Trinajstić information content (AvgIpc) is 4.12. The fourth-order valence-electron chi connectivity index (χ4n) is 11.9. The third-order valence-corrected chi connectivity index (χ3v) is 16.6. The van der Waals surface area contributed by atoms with Crippen LogP contribution >= 0.6 is 11.6 Å². The lowest BCUT2D eigenvalue weighted by Crippen LogP contribution is -2.50. The molecule has 1 atom stereocenters. The number of piperidine rings is 2.